The van der Waals surface area contributed by atoms with Gasteiger partial charge in [-0.3, -0.25) is 4.79 Å². The molecule has 1 aromatic carbocycles. The minimum Gasteiger partial charge on any atom is -0.493 e. The zero-order chi connectivity index (χ0) is 17.1. The highest BCUT2D eigenvalue weighted by Gasteiger charge is 2.30. The van der Waals surface area contributed by atoms with Gasteiger partial charge in [0.1, 0.15) is 11.9 Å². The number of fused-ring (bicyclic) bond motifs is 1. The summed E-state index contributed by atoms with van der Waals surface area (Å²) in [6.07, 6.45) is 10.5. The van der Waals surface area contributed by atoms with E-state index in [9.17, 15) is 4.79 Å². The summed E-state index contributed by atoms with van der Waals surface area (Å²) in [5, 5.41) is 0. The summed E-state index contributed by atoms with van der Waals surface area (Å²) < 4.78 is 11.3. The lowest BCUT2D eigenvalue weighted by Crippen LogP contribution is -2.41. The highest BCUT2D eigenvalue weighted by molar-refractivity contribution is 5.81. The number of hydrogen-bond donors (Lipinski definition) is 0. The standard InChI is InChI=1S/C21H27NO3/c23-21(20-7-4-11-24-20)22(14-16-5-2-1-3-6-16)15-17-8-9-19-18(13-17)10-12-25-19/h1-2,8-9,13,16,20H,3-7,10-12,14-15H2/t16-,20-/m1/s1. The quantitative estimate of drug-likeness (QED) is 0.770. The van der Waals surface area contributed by atoms with Crippen molar-refractivity contribution in [3.05, 3.63) is 41.5 Å². The van der Waals surface area contributed by atoms with Crippen molar-refractivity contribution in [3.8, 4) is 5.75 Å². The highest BCUT2D eigenvalue weighted by Crippen LogP contribution is 2.28. The van der Waals surface area contributed by atoms with Crippen LogP contribution in [0.4, 0.5) is 0 Å². The Morgan fingerprint density at radius 3 is 2.96 bits per heavy atom. The van der Waals surface area contributed by atoms with E-state index in [0.29, 0.717) is 19.1 Å². The molecule has 0 N–H and O–H groups in total. The first-order chi connectivity index (χ1) is 12.3. The van der Waals surface area contributed by atoms with Crippen molar-refractivity contribution in [2.75, 3.05) is 19.8 Å². The van der Waals surface area contributed by atoms with Crippen LogP contribution in [-0.4, -0.2) is 36.7 Å². The van der Waals surface area contributed by atoms with Crippen molar-refractivity contribution in [3.63, 3.8) is 0 Å². The van der Waals surface area contributed by atoms with E-state index in [1.807, 2.05) is 4.90 Å². The van der Waals surface area contributed by atoms with Gasteiger partial charge in [-0.15, -0.1) is 0 Å². The summed E-state index contributed by atoms with van der Waals surface area (Å²) in [7, 11) is 0. The molecular formula is C21H27NO3. The largest absolute Gasteiger partial charge is 0.493 e. The summed E-state index contributed by atoms with van der Waals surface area (Å²) in [6.45, 7) is 2.99. The average molecular weight is 341 g/mol. The zero-order valence-electron chi connectivity index (χ0n) is 14.8. The molecule has 1 aliphatic carbocycles. The molecule has 3 aliphatic rings. The Kier molecular flexibility index (Phi) is 5.07. The summed E-state index contributed by atoms with van der Waals surface area (Å²) >= 11 is 0. The minimum atomic E-state index is -0.239. The Balaban J connectivity index is 1.49. The van der Waals surface area contributed by atoms with Crippen molar-refractivity contribution < 1.29 is 14.3 Å². The van der Waals surface area contributed by atoms with Crippen LogP contribution in [0.5, 0.6) is 5.75 Å². The van der Waals surface area contributed by atoms with Gasteiger partial charge in [0.05, 0.1) is 6.61 Å². The van der Waals surface area contributed by atoms with E-state index in [4.69, 9.17) is 9.47 Å². The third-order valence-corrected chi connectivity index (χ3v) is 5.50. The Hall–Kier alpha value is -1.81. The SMILES string of the molecule is O=C([C@H]1CCCO1)N(Cc1ccc2c(c1)CCO2)C[C@@H]1CC=CCC1. The first-order valence-electron chi connectivity index (χ1n) is 9.59. The van der Waals surface area contributed by atoms with Crippen LogP contribution < -0.4 is 4.74 Å². The van der Waals surface area contributed by atoms with Crippen molar-refractivity contribution in [1.29, 1.82) is 0 Å². The second-order valence-electron chi connectivity index (χ2n) is 7.41. The summed E-state index contributed by atoms with van der Waals surface area (Å²) in [6, 6.07) is 6.36. The molecule has 4 heteroatoms. The lowest BCUT2D eigenvalue weighted by Gasteiger charge is -2.30. The molecule has 0 bridgehead atoms. The van der Waals surface area contributed by atoms with E-state index in [2.05, 4.69) is 30.4 Å². The number of allylic oxidation sites excluding steroid dienone is 2. The van der Waals surface area contributed by atoms with Crippen LogP contribution in [0.1, 0.15) is 43.2 Å². The predicted octanol–water partition coefficient (Wildman–Crippen LogP) is 3.49. The number of hydrogen-bond acceptors (Lipinski definition) is 3. The second-order valence-corrected chi connectivity index (χ2v) is 7.41. The fourth-order valence-corrected chi connectivity index (χ4v) is 4.10. The van der Waals surface area contributed by atoms with Gasteiger partial charge in [0.15, 0.2) is 0 Å². The third-order valence-electron chi connectivity index (χ3n) is 5.50. The van der Waals surface area contributed by atoms with Crippen LogP contribution in [-0.2, 0) is 22.5 Å². The fraction of sp³-hybridized carbons (Fsp3) is 0.571. The smallest absolute Gasteiger partial charge is 0.252 e. The Labute approximate surface area is 149 Å². The second kappa shape index (κ2) is 7.61. The lowest BCUT2D eigenvalue weighted by molar-refractivity contribution is -0.142. The van der Waals surface area contributed by atoms with Gasteiger partial charge in [-0.05, 0) is 55.2 Å². The first-order valence-corrected chi connectivity index (χ1v) is 9.59. The topological polar surface area (TPSA) is 38.8 Å². The molecule has 1 amide bonds. The lowest BCUT2D eigenvalue weighted by atomic mass is 9.93. The molecule has 1 aromatic rings. The van der Waals surface area contributed by atoms with Crippen LogP contribution in [0.2, 0.25) is 0 Å². The molecule has 2 heterocycles. The van der Waals surface area contributed by atoms with Crippen molar-refractivity contribution in [1.82, 2.24) is 4.90 Å². The van der Waals surface area contributed by atoms with Crippen LogP contribution in [0.25, 0.3) is 0 Å². The number of benzene rings is 1. The van der Waals surface area contributed by atoms with Crippen molar-refractivity contribution in [2.24, 2.45) is 5.92 Å². The van der Waals surface area contributed by atoms with E-state index < -0.39 is 0 Å². The zero-order valence-corrected chi connectivity index (χ0v) is 14.8. The first kappa shape index (κ1) is 16.6. The summed E-state index contributed by atoms with van der Waals surface area (Å²) in [5.74, 6) is 1.73. The molecule has 134 valence electrons. The maximum absolute atomic E-state index is 13.0. The van der Waals surface area contributed by atoms with E-state index in [1.54, 1.807) is 0 Å². The van der Waals surface area contributed by atoms with Gasteiger partial charge in [-0.2, -0.15) is 0 Å². The molecular weight excluding hydrogens is 314 g/mol. The summed E-state index contributed by atoms with van der Waals surface area (Å²) in [5.41, 5.74) is 2.46. The fourth-order valence-electron chi connectivity index (χ4n) is 4.10. The maximum Gasteiger partial charge on any atom is 0.252 e. The number of ether oxygens (including phenoxy) is 2. The summed E-state index contributed by atoms with van der Waals surface area (Å²) in [4.78, 5) is 15.1. The Bertz CT molecular complexity index is 649. The molecule has 1 saturated heterocycles. The van der Waals surface area contributed by atoms with Crippen molar-refractivity contribution in [2.45, 2.75) is 51.2 Å². The van der Waals surface area contributed by atoms with Crippen LogP contribution in [0, 0.1) is 5.92 Å². The number of nitrogens with zero attached hydrogens (tertiary/aromatic N) is 1. The van der Waals surface area contributed by atoms with E-state index in [1.165, 1.54) is 17.5 Å². The van der Waals surface area contributed by atoms with Gasteiger partial charge >= 0.3 is 0 Å². The number of carbonyl (C=O) groups is 1. The molecule has 25 heavy (non-hydrogen) atoms. The number of rotatable bonds is 5. The molecule has 2 aliphatic heterocycles. The van der Waals surface area contributed by atoms with Gasteiger partial charge < -0.3 is 14.4 Å². The normalized spacial score (nSPS) is 24.8. The molecule has 4 rings (SSSR count). The van der Waals surface area contributed by atoms with Gasteiger partial charge in [0.25, 0.3) is 5.91 Å². The van der Waals surface area contributed by atoms with Crippen LogP contribution in [0.3, 0.4) is 0 Å². The molecule has 0 spiro atoms. The van der Waals surface area contributed by atoms with E-state index >= 15 is 0 Å². The van der Waals surface area contributed by atoms with Crippen LogP contribution in [0.15, 0.2) is 30.4 Å². The highest BCUT2D eigenvalue weighted by atomic mass is 16.5. The Morgan fingerprint density at radius 1 is 1.20 bits per heavy atom. The molecule has 1 fully saturated rings. The minimum absolute atomic E-state index is 0.170. The molecule has 4 nitrogen and oxygen atoms in total. The molecule has 0 aromatic heterocycles. The molecule has 0 saturated carbocycles. The predicted molar refractivity (Wildman–Crippen MR) is 96.5 cm³/mol. The molecule has 0 radical (unpaired) electrons. The monoisotopic (exact) mass is 341 g/mol. The number of amides is 1. The van der Waals surface area contributed by atoms with Crippen LogP contribution >= 0.6 is 0 Å². The van der Waals surface area contributed by atoms with Gasteiger partial charge in [0.2, 0.25) is 0 Å². The van der Waals surface area contributed by atoms with Gasteiger partial charge in [-0.1, -0.05) is 24.3 Å². The number of carbonyl (C=O) groups excluding carboxylic acids is 1. The average Bonchev–Trinajstić information content (AvgIpc) is 3.33. The molecule has 2 atom stereocenters. The van der Waals surface area contributed by atoms with Crippen molar-refractivity contribution >= 4 is 5.91 Å². The Morgan fingerprint density at radius 2 is 2.16 bits per heavy atom. The third kappa shape index (κ3) is 3.90. The molecule has 0 unspecified atom stereocenters. The van der Waals surface area contributed by atoms with Gasteiger partial charge in [-0.25, -0.2) is 0 Å². The van der Waals surface area contributed by atoms with Gasteiger partial charge in [0, 0.05) is 26.1 Å². The van der Waals surface area contributed by atoms with E-state index in [-0.39, 0.29) is 12.0 Å². The maximum atomic E-state index is 13.0. The van der Waals surface area contributed by atoms with E-state index in [0.717, 1.165) is 51.0 Å².